The van der Waals surface area contributed by atoms with Crippen molar-refractivity contribution in [2.24, 2.45) is 11.3 Å². The van der Waals surface area contributed by atoms with Crippen LogP contribution in [0.4, 0.5) is 5.69 Å². The third-order valence-corrected chi connectivity index (χ3v) is 8.28. The summed E-state index contributed by atoms with van der Waals surface area (Å²) in [5.41, 5.74) is 3.09. The minimum atomic E-state index is -0.0379. The zero-order valence-corrected chi connectivity index (χ0v) is 23.1. The molecule has 2 aliphatic rings. The number of nitrogens with zero attached hydrogens (tertiary/aromatic N) is 2. The first kappa shape index (κ1) is 26.6. The van der Waals surface area contributed by atoms with E-state index in [1.54, 1.807) is 0 Å². The van der Waals surface area contributed by atoms with Crippen molar-refractivity contribution in [3.05, 3.63) is 126 Å². The lowest BCUT2D eigenvalue weighted by Gasteiger charge is -2.52. The van der Waals surface area contributed by atoms with E-state index in [0.717, 1.165) is 35.7 Å². The van der Waals surface area contributed by atoms with E-state index in [-0.39, 0.29) is 23.1 Å². The van der Waals surface area contributed by atoms with Gasteiger partial charge < -0.3 is 19.9 Å². The summed E-state index contributed by atoms with van der Waals surface area (Å²) in [6.07, 6.45) is 0.679. The highest BCUT2D eigenvalue weighted by Crippen LogP contribution is 2.45. The molecule has 2 aliphatic heterocycles. The van der Waals surface area contributed by atoms with Gasteiger partial charge in [0, 0.05) is 49.7 Å². The highest BCUT2D eigenvalue weighted by molar-refractivity contribution is 5.80. The number of ether oxygens (including phenoxy) is 1. The maximum Gasteiger partial charge on any atom is 0.227 e. The van der Waals surface area contributed by atoms with Crippen molar-refractivity contribution in [3.63, 3.8) is 0 Å². The van der Waals surface area contributed by atoms with Gasteiger partial charge in [-0.3, -0.25) is 9.59 Å². The lowest BCUT2D eigenvalue weighted by Crippen LogP contribution is -2.62. The summed E-state index contributed by atoms with van der Waals surface area (Å²) in [4.78, 5) is 30.7. The zero-order chi connectivity index (χ0) is 28.1. The molecule has 0 aromatic heterocycles. The molecule has 2 saturated heterocycles. The second kappa shape index (κ2) is 11.9. The maximum absolute atomic E-state index is 13.6. The number of nitrogens with one attached hydrogen (secondary N) is 1. The van der Waals surface area contributed by atoms with Gasteiger partial charge in [-0.1, -0.05) is 78.9 Å². The molecule has 6 rings (SSSR count). The number of hydrogen-bond donors (Lipinski definition) is 1. The molecule has 2 fully saturated rings. The summed E-state index contributed by atoms with van der Waals surface area (Å²) in [5.74, 6) is 1.81. The van der Waals surface area contributed by atoms with E-state index in [0.29, 0.717) is 32.5 Å². The Morgan fingerprint density at radius 3 is 2.10 bits per heavy atom. The van der Waals surface area contributed by atoms with Gasteiger partial charge in [0.2, 0.25) is 11.8 Å². The molecule has 0 radical (unpaired) electrons. The van der Waals surface area contributed by atoms with Gasteiger partial charge in [0.1, 0.15) is 11.5 Å². The van der Waals surface area contributed by atoms with E-state index in [1.807, 2.05) is 95.9 Å². The monoisotopic (exact) mass is 545 g/mol. The van der Waals surface area contributed by atoms with E-state index in [2.05, 4.69) is 34.5 Å². The summed E-state index contributed by atoms with van der Waals surface area (Å²) >= 11 is 0. The number of anilines is 1. The van der Waals surface area contributed by atoms with E-state index in [1.165, 1.54) is 5.69 Å². The minimum Gasteiger partial charge on any atom is -0.457 e. The van der Waals surface area contributed by atoms with Gasteiger partial charge in [0.05, 0.1) is 12.8 Å². The number of hydrogen-bond acceptors (Lipinski definition) is 4. The van der Waals surface area contributed by atoms with Gasteiger partial charge in [0.15, 0.2) is 0 Å². The summed E-state index contributed by atoms with van der Waals surface area (Å²) in [7, 11) is 0. The quantitative estimate of drug-likeness (QED) is 0.308. The number of carbonyl (C=O) groups is 2. The summed E-state index contributed by atoms with van der Waals surface area (Å²) in [5, 5.41) is 3.18. The molecule has 2 heterocycles. The van der Waals surface area contributed by atoms with Gasteiger partial charge in [-0.15, -0.1) is 0 Å². The summed E-state index contributed by atoms with van der Waals surface area (Å²) < 4.78 is 5.98. The first-order chi connectivity index (χ1) is 20.1. The molecule has 0 bridgehead atoms. The Hall–Kier alpha value is -4.58. The Kier molecular flexibility index (Phi) is 7.72. The number of rotatable bonds is 9. The van der Waals surface area contributed by atoms with Crippen molar-refractivity contribution in [2.75, 3.05) is 37.6 Å². The van der Waals surface area contributed by atoms with Gasteiger partial charge >= 0.3 is 0 Å². The lowest BCUT2D eigenvalue weighted by atomic mass is 9.71. The van der Waals surface area contributed by atoms with Gasteiger partial charge in [-0.05, 0) is 47.5 Å². The topological polar surface area (TPSA) is 61.9 Å². The highest BCUT2D eigenvalue weighted by Gasteiger charge is 2.54. The van der Waals surface area contributed by atoms with Crippen LogP contribution in [0.3, 0.4) is 0 Å². The third kappa shape index (κ3) is 6.27. The van der Waals surface area contributed by atoms with Gasteiger partial charge in [0.25, 0.3) is 0 Å². The number of amides is 2. The molecule has 4 aromatic carbocycles. The molecule has 208 valence electrons. The van der Waals surface area contributed by atoms with Crippen LogP contribution in [0.25, 0.3) is 0 Å². The molecular weight excluding hydrogens is 510 g/mol. The van der Waals surface area contributed by atoms with Crippen LogP contribution in [0, 0.1) is 11.3 Å². The van der Waals surface area contributed by atoms with Crippen LogP contribution in [0.2, 0.25) is 0 Å². The molecule has 4 aromatic rings. The Bertz CT molecular complexity index is 1470. The molecular formula is C35H35N3O3. The fourth-order valence-electron chi connectivity index (χ4n) is 6.11. The lowest BCUT2D eigenvalue weighted by molar-refractivity contribution is -0.130. The predicted molar refractivity (Wildman–Crippen MR) is 161 cm³/mol. The molecule has 1 atom stereocenters. The molecule has 1 N–H and O–H groups in total. The molecule has 6 heteroatoms. The van der Waals surface area contributed by atoms with Gasteiger partial charge in [-0.25, -0.2) is 0 Å². The molecule has 6 nitrogen and oxygen atoms in total. The predicted octanol–water partition coefficient (Wildman–Crippen LogP) is 5.35. The minimum absolute atomic E-state index is 0.0191. The van der Waals surface area contributed by atoms with Crippen molar-refractivity contribution in [3.8, 4) is 11.5 Å². The number of benzene rings is 4. The van der Waals surface area contributed by atoms with E-state index in [4.69, 9.17) is 4.74 Å². The number of carbonyl (C=O) groups excluding carboxylic acids is 2. The smallest absolute Gasteiger partial charge is 0.227 e. The SMILES string of the molecule is O=C(Cc1ccccc1)NCC1CN(C(=O)Cc2cccc(Oc3ccccc3)c2)CC12CN(c1ccccc1)C2. The van der Waals surface area contributed by atoms with Crippen LogP contribution < -0.4 is 15.0 Å². The van der Waals surface area contributed by atoms with Crippen molar-refractivity contribution >= 4 is 17.5 Å². The van der Waals surface area contributed by atoms with Crippen LogP contribution in [0.1, 0.15) is 11.1 Å². The molecule has 41 heavy (non-hydrogen) atoms. The molecule has 0 saturated carbocycles. The molecule has 0 aliphatic carbocycles. The van der Waals surface area contributed by atoms with Crippen LogP contribution in [0.5, 0.6) is 11.5 Å². The standard InChI is InChI=1S/C35H35N3O3/c39-33(20-27-11-4-1-5-12-27)36-22-29-23-37(24-35(29)25-38(26-35)30-14-6-2-7-15-30)34(40)21-28-13-10-18-32(19-28)41-31-16-8-3-9-17-31/h1-19,29H,20-26H2,(H,36,39). The van der Waals surface area contributed by atoms with Crippen LogP contribution in [0.15, 0.2) is 115 Å². The van der Waals surface area contributed by atoms with Crippen LogP contribution in [-0.2, 0) is 22.4 Å². The average Bonchev–Trinajstić information content (AvgIpc) is 3.37. The van der Waals surface area contributed by atoms with Crippen molar-refractivity contribution < 1.29 is 14.3 Å². The first-order valence-electron chi connectivity index (χ1n) is 14.3. The highest BCUT2D eigenvalue weighted by atomic mass is 16.5. The Morgan fingerprint density at radius 2 is 1.37 bits per heavy atom. The Labute approximate surface area is 241 Å². The molecule has 1 unspecified atom stereocenters. The van der Waals surface area contributed by atoms with Crippen LogP contribution >= 0.6 is 0 Å². The van der Waals surface area contributed by atoms with E-state index in [9.17, 15) is 9.59 Å². The fraction of sp³-hybridized carbons (Fsp3) is 0.257. The average molecular weight is 546 g/mol. The summed E-state index contributed by atoms with van der Waals surface area (Å²) in [6.45, 7) is 3.67. The Balaban J connectivity index is 1.12. The van der Waals surface area contributed by atoms with Gasteiger partial charge in [-0.2, -0.15) is 0 Å². The van der Waals surface area contributed by atoms with E-state index < -0.39 is 0 Å². The fourth-order valence-corrected chi connectivity index (χ4v) is 6.11. The Morgan fingerprint density at radius 1 is 0.732 bits per heavy atom. The maximum atomic E-state index is 13.6. The van der Waals surface area contributed by atoms with Crippen LogP contribution in [-0.4, -0.2) is 49.4 Å². The molecule has 2 amide bonds. The second-order valence-electron chi connectivity index (χ2n) is 11.2. The van der Waals surface area contributed by atoms with Crippen molar-refractivity contribution in [1.29, 1.82) is 0 Å². The number of likely N-dealkylation sites (tertiary alicyclic amines) is 1. The van der Waals surface area contributed by atoms with E-state index >= 15 is 0 Å². The number of para-hydroxylation sites is 2. The molecule has 1 spiro atoms. The third-order valence-electron chi connectivity index (χ3n) is 8.28. The zero-order valence-electron chi connectivity index (χ0n) is 23.1. The first-order valence-corrected chi connectivity index (χ1v) is 14.3. The second-order valence-corrected chi connectivity index (χ2v) is 11.2. The summed E-state index contributed by atoms with van der Waals surface area (Å²) in [6, 6.07) is 37.6. The van der Waals surface area contributed by atoms with Crippen molar-refractivity contribution in [1.82, 2.24) is 10.2 Å². The normalized spacial score (nSPS) is 17.2. The largest absolute Gasteiger partial charge is 0.457 e. The van der Waals surface area contributed by atoms with Crippen molar-refractivity contribution in [2.45, 2.75) is 12.8 Å².